The third-order valence-electron chi connectivity index (χ3n) is 4.82. The molecule has 122 valence electrons. The summed E-state index contributed by atoms with van der Waals surface area (Å²) in [6, 6.07) is 17.2. The van der Waals surface area contributed by atoms with Gasteiger partial charge in [0.2, 0.25) is 0 Å². The molecule has 0 unspecified atom stereocenters. The van der Waals surface area contributed by atoms with Crippen LogP contribution in [0.15, 0.2) is 48.5 Å². The van der Waals surface area contributed by atoms with Crippen molar-refractivity contribution in [3.63, 3.8) is 0 Å². The maximum absolute atomic E-state index is 5.66. The highest BCUT2D eigenvalue weighted by molar-refractivity contribution is 5.31. The summed E-state index contributed by atoms with van der Waals surface area (Å²) < 4.78 is 5.35. The second-order valence-corrected chi connectivity index (χ2v) is 6.35. The fourth-order valence-electron chi connectivity index (χ4n) is 3.36. The third kappa shape index (κ3) is 4.12. The van der Waals surface area contributed by atoms with Crippen molar-refractivity contribution in [2.24, 2.45) is 5.73 Å². The average molecular weight is 310 g/mol. The Morgan fingerprint density at radius 1 is 1.04 bits per heavy atom. The van der Waals surface area contributed by atoms with Crippen molar-refractivity contribution >= 4 is 0 Å². The summed E-state index contributed by atoms with van der Waals surface area (Å²) in [5.74, 6) is 1.62. The standard InChI is InChI=1S/C20H26N2O/c1-23-20-4-2-3-19(13-20)18-9-11-22(12-10-18)15-17-7-5-16(14-21)6-8-17/h2-8,13,18H,9-12,14-15,21H2,1H3. The van der Waals surface area contributed by atoms with E-state index < -0.39 is 0 Å². The molecule has 0 bridgehead atoms. The molecule has 3 rings (SSSR count). The number of hydrogen-bond donors (Lipinski definition) is 1. The van der Waals surface area contributed by atoms with Crippen LogP contribution in [0.5, 0.6) is 5.75 Å². The summed E-state index contributed by atoms with van der Waals surface area (Å²) in [4.78, 5) is 2.55. The lowest BCUT2D eigenvalue weighted by Gasteiger charge is -2.32. The van der Waals surface area contributed by atoms with Crippen LogP contribution >= 0.6 is 0 Å². The Balaban J connectivity index is 1.55. The highest BCUT2D eigenvalue weighted by atomic mass is 16.5. The fourth-order valence-corrected chi connectivity index (χ4v) is 3.36. The van der Waals surface area contributed by atoms with Crippen LogP contribution in [-0.2, 0) is 13.1 Å². The van der Waals surface area contributed by atoms with E-state index in [-0.39, 0.29) is 0 Å². The Labute approximate surface area is 139 Å². The molecule has 2 aromatic rings. The summed E-state index contributed by atoms with van der Waals surface area (Å²) in [5.41, 5.74) is 9.65. The van der Waals surface area contributed by atoms with Crippen LogP contribution in [0.2, 0.25) is 0 Å². The van der Waals surface area contributed by atoms with Gasteiger partial charge in [0.05, 0.1) is 7.11 Å². The Hall–Kier alpha value is -1.84. The number of benzene rings is 2. The SMILES string of the molecule is COc1cccc(C2CCN(Cc3ccc(CN)cc3)CC2)c1. The van der Waals surface area contributed by atoms with Crippen molar-refractivity contribution in [2.75, 3.05) is 20.2 Å². The third-order valence-corrected chi connectivity index (χ3v) is 4.82. The number of nitrogens with zero attached hydrogens (tertiary/aromatic N) is 1. The Bertz CT molecular complexity index is 616. The van der Waals surface area contributed by atoms with Gasteiger partial charge in [0.15, 0.2) is 0 Å². The van der Waals surface area contributed by atoms with Crippen LogP contribution in [0.4, 0.5) is 0 Å². The minimum atomic E-state index is 0.617. The van der Waals surface area contributed by atoms with E-state index in [0.29, 0.717) is 12.5 Å². The molecule has 1 saturated heterocycles. The van der Waals surface area contributed by atoms with Gasteiger partial charge < -0.3 is 10.5 Å². The molecule has 3 heteroatoms. The lowest BCUT2D eigenvalue weighted by atomic mass is 9.89. The molecule has 0 atom stereocenters. The monoisotopic (exact) mass is 310 g/mol. The van der Waals surface area contributed by atoms with E-state index in [0.717, 1.165) is 25.4 Å². The predicted molar refractivity (Wildman–Crippen MR) is 94.6 cm³/mol. The average Bonchev–Trinajstić information content (AvgIpc) is 2.63. The second-order valence-electron chi connectivity index (χ2n) is 6.35. The quantitative estimate of drug-likeness (QED) is 0.918. The summed E-state index contributed by atoms with van der Waals surface area (Å²) in [6.45, 7) is 3.96. The molecule has 0 saturated carbocycles. The van der Waals surface area contributed by atoms with E-state index in [9.17, 15) is 0 Å². The first kappa shape index (κ1) is 16.0. The normalized spacial score (nSPS) is 16.4. The molecule has 0 aromatic heterocycles. The molecule has 1 fully saturated rings. The number of rotatable bonds is 5. The second kappa shape index (κ2) is 7.62. The van der Waals surface area contributed by atoms with E-state index in [2.05, 4.69) is 47.4 Å². The van der Waals surface area contributed by atoms with Crippen molar-refractivity contribution in [3.05, 3.63) is 65.2 Å². The molecule has 0 amide bonds. The predicted octanol–water partition coefficient (Wildman–Crippen LogP) is 3.53. The first-order valence-electron chi connectivity index (χ1n) is 8.42. The first-order chi connectivity index (χ1) is 11.3. The molecule has 1 heterocycles. The van der Waals surface area contributed by atoms with Crippen molar-refractivity contribution in [1.29, 1.82) is 0 Å². The summed E-state index contributed by atoms with van der Waals surface area (Å²) in [7, 11) is 1.73. The summed E-state index contributed by atoms with van der Waals surface area (Å²) in [6.07, 6.45) is 2.43. The van der Waals surface area contributed by atoms with Crippen LogP contribution in [0.1, 0.15) is 35.4 Å². The van der Waals surface area contributed by atoms with Crippen molar-refractivity contribution in [3.8, 4) is 5.75 Å². The van der Waals surface area contributed by atoms with Gasteiger partial charge in [-0.1, -0.05) is 36.4 Å². The maximum Gasteiger partial charge on any atom is 0.119 e. The van der Waals surface area contributed by atoms with E-state index in [4.69, 9.17) is 10.5 Å². The van der Waals surface area contributed by atoms with E-state index in [1.165, 1.54) is 29.5 Å². The van der Waals surface area contributed by atoms with Crippen LogP contribution in [0.25, 0.3) is 0 Å². The van der Waals surface area contributed by atoms with Gasteiger partial charge in [-0.05, 0) is 60.7 Å². The van der Waals surface area contributed by atoms with Gasteiger partial charge in [-0.15, -0.1) is 0 Å². The maximum atomic E-state index is 5.66. The zero-order valence-electron chi connectivity index (χ0n) is 13.9. The van der Waals surface area contributed by atoms with Gasteiger partial charge in [0, 0.05) is 13.1 Å². The molecule has 0 aliphatic carbocycles. The molecule has 0 spiro atoms. The molecular formula is C20H26N2O. The Morgan fingerprint density at radius 3 is 2.39 bits per heavy atom. The number of likely N-dealkylation sites (tertiary alicyclic amines) is 1. The van der Waals surface area contributed by atoms with E-state index >= 15 is 0 Å². The van der Waals surface area contributed by atoms with Crippen molar-refractivity contribution in [1.82, 2.24) is 4.90 Å². The Kier molecular flexibility index (Phi) is 5.31. The van der Waals surface area contributed by atoms with Crippen LogP contribution in [0, 0.1) is 0 Å². The molecule has 0 radical (unpaired) electrons. The number of methoxy groups -OCH3 is 1. The molecule has 1 aliphatic rings. The smallest absolute Gasteiger partial charge is 0.119 e. The van der Waals surface area contributed by atoms with Gasteiger partial charge in [0.25, 0.3) is 0 Å². The minimum absolute atomic E-state index is 0.617. The van der Waals surface area contributed by atoms with E-state index in [1.54, 1.807) is 7.11 Å². The molecule has 2 N–H and O–H groups in total. The van der Waals surface area contributed by atoms with E-state index in [1.807, 2.05) is 6.07 Å². The van der Waals surface area contributed by atoms with Gasteiger partial charge in [-0.2, -0.15) is 0 Å². The molecule has 3 nitrogen and oxygen atoms in total. The van der Waals surface area contributed by atoms with Crippen LogP contribution < -0.4 is 10.5 Å². The lowest BCUT2D eigenvalue weighted by molar-refractivity contribution is 0.204. The zero-order valence-corrected chi connectivity index (χ0v) is 13.9. The van der Waals surface area contributed by atoms with Crippen molar-refractivity contribution < 1.29 is 4.74 Å². The van der Waals surface area contributed by atoms with Gasteiger partial charge >= 0.3 is 0 Å². The molecule has 23 heavy (non-hydrogen) atoms. The summed E-state index contributed by atoms with van der Waals surface area (Å²) in [5, 5.41) is 0. The molecule has 1 aliphatic heterocycles. The lowest BCUT2D eigenvalue weighted by Crippen LogP contribution is -2.32. The topological polar surface area (TPSA) is 38.5 Å². The van der Waals surface area contributed by atoms with Crippen LogP contribution in [0.3, 0.4) is 0 Å². The zero-order chi connectivity index (χ0) is 16.1. The number of nitrogens with two attached hydrogens (primary N) is 1. The van der Waals surface area contributed by atoms with Crippen LogP contribution in [-0.4, -0.2) is 25.1 Å². The summed E-state index contributed by atoms with van der Waals surface area (Å²) >= 11 is 0. The first-order valence-corrected chi connectivity index (χ1v) is 8.42. The number of ether oxygens (including phenoxy) is 1. The highest BCUT2D eigenvalue weighted by Gasteiger charge is 2.20. The molecular weight excluding hydrogens is 284 g/mol. The molecule has 2 aromatic carbocycles. The fraction of sp³-hybridized carbons (Fsp3) is 0.400. The van der Waals surface area contributed by atoms with Gasteiger partial charge in [-0.3, -0.25) is 4.90 Å². The largest absolute Gasteiger partial charge is 0.497 e. The van der Waals surface area contributed by atoms with Crippen molar-refractivity contribution in [2.45, 2.75) is 31.8 Å². The number of hydrogen-bond acceptors (Lipinski definition) is 3. The highest BCUT2D eigenvalue weighted by Crippen LogP contribution is 2.30. The number of piperidine rings is 1. The Morgan fingerprint density at radius 2 is 1.74 bits per heavy atom. The minimum Gasteiger partial charge on any atom is -0.497 e. The van der Waals surface area contributed by atoms with Gasteiger partial charge in [0.1, 0.15) is 5.75 Å². The van der Waals surface area contributed by atoms with Gasteiger partial charge in [-0.25, -0.2) is 0 Å².